The average molecular weight is 239 g/mol. The predicted octanol–water partition coefficient (Wildman–Crippen LogP) is 2.08. The molecule has 0 atom stereocenters. The van der Waals surface area contributed by atoms with E-state index in [2.05, 4.69) is 0 Å². The molecule has 0 saturated carbocycles. The number of fused-ring (bicyclic) bond motifs is 1. The number of carboxylic acid groups (broad SMARTS) is 1. The van der Waals surface area contributed by atoms with Crippen molar-refractivity contribution >= 4 is 11.8 Å². The van der Waals surface area contributed by atoms with E-state index in [1.165, 1.54) is 7.11 Å². The molecule has 1 N–H and O–H groups in total. The summed E-state index contributed by atoms with van der Waals surface area (Å²) in [6, 6.07) is 1.60. The van der Waals surface area contributed by atoms with Crippen molar-refractivity contribution in [3.63, 3.8) is 0 Å². The van der Waals surface area contributed by atoms with Crippen LogP contribution < -0.4 is 14.5 Å². The van der Waals surface area contributed by atoms with E-state index in [0.717, 1.165) is 16.2 Å². The Hall–Kier alpha value is -1.95. The summed E-state index contributed by atoms with van der Waals surface area (Å²) < 4.78 is 10.6. The minimum absolute atomic E-state index is 0.152. The maximum Gasteiger partial charge on any atom is 0.436 e. The molecule has 6 nitrogen and oxygen atoms in total. The van der Waals surface area contributed by atoms with Crippen molar-refractivity contribution in [2.45, 2.75) is 13.8 Å². The Labute approximate surface area is 98.3 Å². The van der Waals surface area contributed by atoms with Crippen LogP contribution in [-0.2, 0) is 4.84 Å². The van der Waals surface area contributed by atoms with E-state index in [1.807, 2.05) is 13.8 Å². The minimum Gasteiger partial charge on any atom is -0.463 e. The second-order valence-corrected chi connectivity index (χ2v) is 3.64. The zero-order valence-electron chi connectivity index (χ0n) is 9.81. The summed E-state index contributed by atoms with van der Waals surface area (Å²) in [5, 5.41) is 9.82. The lowest BCUT2D eigenvalue weighted by Crippen LogP contribution is -2.28. The van der Waals surface area contributed by atoms with Crippen molar-refractivity contribution in [2.75, 3.05) is 19.0 Å². The molecule has 1 aromatic rings. The number of benzene rings is 1. The van der Waals surface area contributed by atoms with Crippen LogP contribution in [0.4, 0.5) is 10.5 Å². The molecular formula is C11H13NO5. The first-order valence-corrected chi connectivity index (χ1v) is 5.03. The third-order valence-electron chi connectivity index (χ3n) is 2.77. The summed E-state index contributed by atoms with van der Waals surface area (Å²) in [5.41, 5.74) is 2.05. The molecule has 6 heteroatoms. The minimum atomic E-state index is -1.19. The Balaban J connectivity index is 2.55. The van der Waals surface area contributed by atoms with E-state index in [-0.39, 0.29) is 6.79 Å². The standard InChI is InChI=1S/C11H13NO5/c1-6-7(2)10-9(16-5-17-10)4-8(6)12(15-3)11(13)14/h4H,5H2,1-3H3,(H,13,14). The van der Waals surface area contributed by atoms with Crippen molar-refractivity contribution in [2.24, 2.45) is 0 Å². The number of hydrogen-bond acceptors (Lipinski definition) is 4. The SMILES string of the molecule is CON(C(=O)O)c1cc2c(c(C)c1C)OCO2. The van der Waals surface area contributed by atoms with Gasteiger partial charge < -0.3 is 14.6 Å². The van der Waals surface area contributed by atoms with Crippen LogP contribution in [0.15, 0.2) is 6.07 Å². The van der Waals surface area contributed by atoms with Crippen molar-refractivity contribution in [1.82, 2.24) is 0 Å². The highest BCUT2D eigenvalue weighted by Gasteiger charge is 2.25. The van der Waals surface area contributed by atoms with Crippen LogP contribution in [0.1, 0.15) is 11.1 Å². The Morgan fingerprint density at radius 2 is 2.12 bits per heavy atom. The van der Waals surface area contributed by atoms with Crippen LogP contribution >= 0.6 is 0 Å². The van der Waals surface area contributed by atoms with Gasteiger partial charge in [0.1, 0.15) is 0 Å². The normalized spacial score (nSPS) is 12.6. The molecule has 1 amide bonds. The molecule has 1 aromatic carbocycles. The summed E-state index contributed by atoms with van der Waals surface area (Å²) in [7, 11) is 1.30. The fourth-order valence-corrected chi connectivity index (χ4v) is 1.77. The Bertz CT molecular complexity index is 471. The van der Waals surface area contributed by atoms with Gasteiger partial charge >= 0.3 is 6.09 Å². The molecule has 2 rings (SSSR count). The van der Waals surface area contributed by atoms with Crippen molar-refractivity contribution in [1.29, 1.82) is 0 Å². The summed E-state index contributed by atoms with van der Waals surface area (Å²) in [6.45, 7) is 3.81. The molecule has 0 bridgehead atoms. The third kappa shape index (κ3) is 1.76. The van der Waals surface area contributed by atoms with Crippen molar-refractivity contribution < 1.29 is 24.2 Å². The van der Waals surface area contributed by atoms with Gasteiger partial charge in [-0.25, -0.2) is 4.79 Å². The number of amides is 1. The Kier molecular flexibility index (Phi) is 2.81. The number of hydroxylamine groups is 1. The lowest BCUT2D eigenvalue weighted by atomic mass is 10.1. The summed E-state index contributed by atoms with van der Waals surface area (Å²) in [5.74, 6) is 1.19. The third-order valence-corrected chi connectivity index (χ3v) is 2.77. The quantitative estimate of drug-likeness (QED) is 0.800. The average Bonchev–Trinajstić information content (AvgIpc) is 2.73. The molecule has 0 spiro atoms. The summed E-state index contributed by atoms with van der Waals surface area (Å²) in [4.78, 5) is 15.9. The van der Waals surface area contributed by atoms with Crippen molar-refractivity contribution in [3.8, 4) is 11.5 Å². The van der Waals surface area contributed by atoms with E-state index in [4.69, 9.17) is 19.4 Å². The molecule has 1 aliphatic rings. The van der Waals surface area contributed by atoms with E-state index in [1.54, 1.807) is 6.07 Å². The largest absolute Gasteiger partial charge is 0.463 e. The number of rotatable bonds is 2. The lowest BCUT2D eigenvalue weighted by Gasteiger charge is -2.20. The number of ether oxygens (including phenoxy) is 2. The molecule has 1 aliphatic heterocycles. The number of anilines is 1. The molecule has 17 heavy (non-hydrogen) atoms. The molecule has 0 fully saturated rings. The fourth-order valence-electron chi connectivity index (χ4n) is 1.77. The van der Waals surface area contributed by atoms with Crippen LogP contribution in [0.3, 0.4) is 0 Å². The summed E-state index contributed by atoms with van der Waals surface area (Å²) >= 11 is 0. The van der Waals surface area contributed by atoms with Gasteiger partial charge in [-0.3, -0.25) is 4.84 Å². The van der Waals surface area contributed by atoms with Gasteiger partial charge in [0.2, 0.25) is 6.79 Å². The van der Waals surface area contributed by atoms with Crippen LogP contribution in [-0.4, -0.2) is 25.1 Å². The highest BCUT2D eigenvalue weighted by atomic mass is 16.7. The number of nitrogens with zero attached hydrogens (tertiary/aromatic N) is 1. The summed E-state index contributed by atoms with van der Waals surface area (Å²) in [6.07, 6.45) is -1.19. The van der Waals surface area contributed by atoms with Gasteiger partial charge in [-0.1, -0.05) is 0 Å². The van der Waals surface area contributed by atoms with Crippen LogP contribution in [0.25, 0.3) is 0 Å². The molecule has 1 heterocycles. The Morgan fingerprint density at radius 3 is 2.71 bits per heavy atom. The fraction of sp³-hybridized carbons (Fsp3) is 0.364. The molecular weight excluding hydrogens is 226 g/mol. The zero-order chi connectivity index (χ0) is 12.6. The highest BCUT2D eigenvalue weighted by molar-refractivity contribution is 5.86. The molecule has 0 radical (unpaired) electrons. The highest BCUT2D eigenvalue weighted by Crippen LogP contribution is 2.41. The van der Waals surface area contributed by atoms with E-state index in [9.17, 15) is 4.79 Å². The second kappa shape index (κ2) is 4.14. The smallest absolute Gasteiger partial charge is 0.436 e. The van der Waals surface area contributed by atoms with Gasteiger partial charge in [-0.2, -0.15) is 5.06 Å². The molecule has 0 aromatic heterocycles. The maximum absolute atomic E-state index is 11.0. The second-order valence-electron chi connectivity index (χ2n) is 3.64. The first-order valence-electron chi connectivity index (χ1n) is 5.03. The van der Waals surface area contributed by atoms with Gasteiger partial charge in [0, 0.05) is 11.6 Å². The van der Waals surface area contributed by atoms with Gasteiger partial charge in [0.15, 0.2) is 11.5 Å². The van der Waals surface area contributed by atoms with E-state index in [0.29, 0.717) is 17.2 Å². The first kappa shape index (κ1) is 11.5. The zero-order valence-corrected chi connectivity index (χ0v) is 9.81. The van der Waals surface area contributed by atoms with E-state index < -0.39 is 6.09 Å². The van der Waals surface area contributed by atoms with Gasteiger partial charge in [0.05, 0.1) is 12.8 Å². The monoisotopic (exact) mass is 239 g/mol. The molecule has 0 saturated heterocycles. The van der Waals surface area contributed by atoms with Crippen LogP contribution in [0, 0.1) is 13.8 Å². The predicted molar refractivity (Wildman–Crippen MR) is 59.6 cm³/mol. The van der Waals surface area contributed by atoms with Crippen molar-refractivity contribution in [3.05, 3.63) is 17.2 Å². The van der Waals surface area contributed by atoms with E-state index >= 15 is 0 Å². The van der Waals surface area contributed by atoms with Gasteiger partial charge in [-0.05, 0) is 19.4 Å². The van der Waals surface area contributed by atoms with Gasteiger partial charge in [0.25, 0.3) is 0 Å². The topological polar surface area (TPSA) is 68.2 Å². The maximum atomic E-state index is 11.0. The molecule has 0 aliphatic carbocycles. The molecule has 0 unspecified atom stereocenters. The molecule has 92 valence electrons. The number of carbonyl (C=O) groups is 1. The Morgan fingerprint density at radius 1 is 1.41 bits per heavy atom. The van der Waals surface area contributed by atoms with Crippen LogP contribution in [0.2, 0.25) is 0 Å². The van der Waals surface area contributed by atoms with Crippen LogP contribution in [0.5, 0.6) is 11.5 Å². The first-order chi connectivity index (χ1) is 8.06. The number of hydrogen-bond donors (Lipinski definition) is 1. The lowest BCUT2D eigenvalue weighted by molar-refractivity contribution is 0.130. The van der Waals surface area contributed by atoms with Gasteiger partial charge in [-0.15, -0.1) is 0 Å².